The summed E-state index contributed by atoms with van der Waals surface area (Å²) in [6.45, 7) is 3.63. The second-order valence-corrected chi connectivity index (χ2v) is 6.08. The second kappa shape index (κ2) is 5.73. The average Bonchev–Trinajstić information content (AvgIpc) is 2.97. The Morgan fingerprint density at radius 2 is 2.20 bits per heavy atom. The molecule has 0 saturated carbocycles. The molecule has 0 spiro atoms. The van der Waals surface area contributed by atoms with Gasteiger partial charge in [0.1, 0.15) is 4.90 Å². The predicted molar refractivity (Wildman–Crippen MR) is 71.4 cm³/mol. The highest BCUT2D eigenvalue weighted by molar-refractivity contribution is 7.89. The number of hydrogen-bond acceptors (Lipinski definition) is 5. The van der Waals surface area contributed by atoms with Crippen molar-refractivity contribution >= 4 is 10.0 Å². The van der Waals surface area contributed by atoms with Crippen LogP contribution in [-0.4, -0.2) is 40.1 Å². The third kappa shape index (κ3) is 2.89. The lowest BCUT2D eigenvalue weighted by Gasteiger charge is -2.06. The van der Waals surface area contributed by atoms with Crippen molar-refractivity contribution in [1.29, 1.82) is 0 Å². The van der Waals surface area contributed by atoms with Gasteiger partial charge in [-0.05, 0) is 13.8 Å². The summed E-state index contributed by atoms with van der Waals surface area (Å²) >= 11 is 0. The van der Waals surface area contributed by atoms with Gasteiger partial charge < -0.3 is 5.11 Å². The molecule has 0 atom stereocenters. The number of hydrogen-bond donors (Lipinski definition) is 3. The highest BCUT2D eigenvalue weighted by atomic mass is 32.2. The zero-order chi connectivity index (χ0) is 14.8. The molecule has 3 N–H and O–H groups in total. The van der Waals surface area contributed by atoms with Crippen LogP contribution in [0.1, 0.15) is 17.0 Å². The van der Waals surface area contributed by atoms with E-state index in [1.54, 1.807) is 26.2 Å². The summed E-state index contributed by atoms with van der Waals surface area (Å²) in [5, 5.41) is 19.4. The Morgan fingerprint density at radius 3 is 2.80 bits per heavy atom. The van der Waals surface area contributed by atoms with Crippen LogP contribution in [0.4, 0.5) is 0 Å². The van der Waals surface area contributed by atoms with Crippen molar-refractivity contribution in [1.82, 2.24) is 24.7 Å². The van der Waals surface area contributed by atoms with E-state index in [1.807, 2.05) is 0 Å². The second-order valence-electron chi connectivity index (χ2n) is 4.38. The molecule has 9 heteroatoms. The number of aryl methyl sites for hydroxylation is 1. The molecule has 0 aliphatic carbocycles. The van der Waals surface area contributed by atoms with Crippen molar-refractivity contribution in [2.45, 2.75) is 31.8 Å². The number of rotatable bonds is 6. The molecule has 0 aliphatic rings. The summed E-state index contributed by atoms with van der Waals surface area (Å²) in [6, 6.07) is 0. The van der Waals surface area contributed by atoms with E-state index in [9.17, 15) is 8.42 Å². The number of aliphatic hydroxyl groups excluding tert-OH is 1. The van der Waals surface area contributed by atoms with Crippen LogP contribution >= 0.6 is 0 Å². The molecule has 2 aromatic heterocycles. The molecule has 2 aromatic rings. The van der Waals surface area contributed by atoms with E-state index in [1.165, 1.54) is 4.68 Å². The molecule has 20 heavy (non-hydrogen) atoms. The van der Waals surface area contributed by atoms with Crippen molar-refractivity contribution < 1.29 is 13.5 Å². The molecule has 0 radical (unpaired) electrons. The van der Waals surface area contributed by atoms with Crippen molar-refractivity contribution in [2.75, 3.05) is 6.61 Å². The van der Waals surface area contributed by atoms with Crippen LogP contribution in [0, 0.1) is 13.8 Å². The number of sulfonamides is 1. The lowest BCUT2D eigenvalue weighted by molar-refractivity contribution is 0.267. The topological polar surface area (TPSA) is 113 Å². The van der Waals surface area contributed by atoms with Crippen LogP contribution in [-0.2, 0) is 23.1 Å². The molecule has 0 bridgehead atoms. The fourth-order valence-electron chi connectivity index (χ4n) is 2.01. The number of aromatic nitrogens is 4. The van der Waals surface area contributed by atoms with Crippen molar-refractivity contribution in [3.8, 4) is 0 Å². The summed E-state index contributed by atoms with van der Waals surface area (Å²) in [5.41, 5.74) is 1.67. The molecule has 110 valence electrons. The molecule has 8 nitrogen and oxygen atoms in total. The van der Waals surface area contributed by atoms with Crippen LogP contribution in [0.15, 0.2) is 17.3 Å². The molecule has 0 saturated heterocycles. The van der Waals surface area contributed by atoms with Crippen LogP contribution in [0.5, 0.6) is 0 Å². The van der Waals surface area contributed by atoms with Gasteiger partial charge in [-0.15, -0.1) is 0 Å². The Morgan fingerprint density at radius 1 is 1.45 bits per heavy atom. The summed E-state index contributed by atoms with van der Waals surface area (Å²) in [6.07, 6.45) is 3.18. The van der Waals surface area contributed by atoms with Gasteiger partial charge in [-0.25, -0.2) is 13.1 Å². The predicted octanol–water partition coefficient (Wildman–Crippen LogP) is -0.306. The Bertz CT molecular complexity index is 675. The summed E-state index contributed by atoms with van der Waals surface area (Å²) in [5.74, 6) is 0. The van der Waals surface area contributed by atoms with Crippen molar-refractivity contribution in [2.24, 2.45) is 0 Å². The third-order valence-corrected chi connectivity index (χ3v) is 4.57. The number of H-pyrrole nitrogens is 1. The number of nitrogens with one attached hydrogen (secondary N) is 2. The first-order valence-corrected chi connectivity index (χ1v) is 7.56. The molecule has 0 unspecified atom stereocenters. The first kappa shape index (κ1) is 14.7. The van der Waals surface area contributed by atoms with Crippen LogP contribution in [0.3, 0.4) is 0 Å². The smallest absolute Gasteiger partial charge is 0.244 e. The van der Waals surface area contributed by atoms with Crippen molar-refractivity contribution in [3.05, 3.63) is 29.3 Å². The first-order valence-electron chi connectivity index (χ1n) is 6.08. The van der Waals surface area contributed by atoms with Crippen LogP contribution in [0.25, 0.3) is 0 Å². The minimum absolute atomic E-state index is 0.0934. The summed E-state index contributed by atoms with van der Waals surface area (Å²) in [4.78, 5) is 0.162. The Kier molecular flexibility index (Phi) is 4.21. The van der Waals surface area contributed by atoms with E-state index in [4.69, 9.17) is 5.11 Å². The van der Waals surface area contributed by atoms with Gasteiger partial charge in [-0.1, -0.05) is 0 Å². The minimum atomic E-state index is -3.65. The van der Waals surface area contributed by atoms with Gasteiger partial charge in [-0.2, -0.15) is 10.2 Å². The van der Waals surface area contributed by atoms with E-state index in [-0.39, 0.29) is 24.6 Å². The lowest BCUT2D eigenvalue weighted by atomic mass is 10.4. The van der Waals surface area contributed by atoms with E-state index in [0.29, 0.717) is 11.4 Å². The standard InChI is InChI=1S/C11H17N5O3S/c1-8-11(9(2)16(15-8)3-4-17)20(18,19)14-7-10-5-12-13-6-10/h5-6,14,17H,3-4,7H2,1-2H3,(H,12,13). The number of aromatic amines is 1. The Labute approximate surface area is 116 Å². The fourth-order valence-corrected chi connectivity index (χ4v) is 3.43. The maximum absolute atomic E-state index is 12.3. The Hall–Kier alpha value is -1.71. The van der Waals surface area contributed by atoms with Gasteiger partial charge in [-0.3, -0.25) is 9.78 Å². The number of nitrogens with zero attached hydrogens (tertiary/aromatic N) is 3. The maximum atomic E-state index is 12.3. The first-order chi connectivity index (χ1) is 9.45. The highest BCUT2D eigenvalue weighted by Gasteiger charge is 2.24. The molecular formula is C11H17N5O3S. The molecular weight excluding hydrogens is 282 g/mol. The highest BCUT2D eigenvalue weighted by Crippen LogP contribution is 2.19. The Balaban J connectivity index is 2.25. The number of aliphatic hydroxyl groups is 1. The van der Waals surface area contributed by atoms with Crippen molar-refractivity contribution in [3.63, 3.8) is 0 Å². The van der Waals surface area contributed by atoms with E-state index in [0.717, 1.165) is 5.56 Å². The quantitative estimate of drug-likeness (QED) is 0.677. The summed E-state index contributed by atoms with van der Waals surface area (Å²) < 4.78 is 28.7. The van der Waals surface area contributed by atoms with Gasteiger partial charge in [0.25, 0.3) is 0 Å². The lowest BCUT2D eigenvalue weighted by Crippen LogP contribution is -2.24. The SMILES string of the molecule is Cc1nn(CCO)c(C)c1S(=O)(=O)NCc1cn[nH]c1. The zero-order valence-electron chi connectivity index (χ0n) is 11.3. The van der Waals surface area contributed by atoms with E-state index in [2.05, 4.69) is 20.0 Å². The van der Waals surface area contributed by atoms with Gasteiger partial charge >= 0.3 is 0 Å². The molecule has 2 rings (SSSR count). The molecule has 0 aromatic carbocycles. The fraction of sp³-hybridized carbons (Fsp3) is 0.455. The largest absolute Gasteiger partial charge is 0.394 e. The van der Waals surface area contributed by atoms with Gasteiger partial charge in [0.15, 0.2) is 0 Å². The van der Waals surface area contributed by atoms with E-state index < -0.39 is 10.0 Å². The third-order valence-electron chi connectivity index (χ3n) is 2.92. The molecule has 2 heterocycles. The van der Waals surface area contributed by atoms with Gasteiger partial charge in [0, 0.05) is 18.3 Å². The van der Waals surface area contributed by atoms with Crippen LogP contribution in [0.2, 0.25) is 0 Å². The van der Waals surface area contributed by atoms with Gasteiger partial charge in [0.05, 0.1) is 30.7 Å². The molecule has 0 fully saturated rings. The summed E-state index contributed by atoms with van der Waals surface area (Å²) in [7, 11) is -3.65. The monoisotopic (exact) mass is 299 g/mol. The molecule has 0 amide bonds. The van der Waals surface area contributed by atoms with E-state index >= 15 is 0 Å². The zero-order valence-corrected chi connectivity index (χ0v) is 12.1. The van der Waals surface area contributed by atoms with Crippen LogP contribution < -0.4 is 4.72 Å². The molecule has 0 aliphatic heterocycles. The van der Waals surface area contributed by atoms with Gasteiger partial charge in [0.2, 0.25) is 10.0 Å². The normalized spacial score (nSPS) is 11.9. The maximum Gasteiger partial charge on any atom is 0.244 e. The minimum Gasteiger partial charge on any atom is -0.394 e. The average molecular weight is 299 g/mol.